The minimum absolute atomic E-state index is 0.152. The molecule has 1 heterocycles. The molecule has 0 saturated carbocycles. The van der Waals surface area contributed by atoms with Crippen LogP contribution in [0.4, 0.5) is 23.5 Å². The van der Waals surface area contributed by atoms with E-state index in [-0.39, 0.29) is 23.1 Å². The molecule has 1 atom stereocenters. The third kappa shape index (κ3) is 5.93. The van der Waals surface area contributed by atoms with Crippen LogP contribution in [0.3, 0.4) is 0 Å². The van der Waals surface area contributed by atoms with Crippen molar-refractivity contribution in [1.82, 2.24) is 15.3 Å². The molecule has 0 aliphatic carbocycles. The topological polar surface area (TPSA) is 87.3 Å². The number of amides is 1. The van der Waals surface area contributed by atoms with Crippen molar-refractivity contribution in [3.05, 3.63) is 51.7 Å². The van der Waals surface area contributed by atoms with E-state index in [0.717, 1.165) is 18.2 Å². The Bertz CT molecular complexity index is 941. The normalized spacial score (nSPS) is 12.6. The summed E-state index contributed by atoms with van der Waals surface area (Å²) in [5.41, 5.74) is -0.451. The Morgan fingerprint density at radius 3 is 2.41 bits per heavy atom. The molecule has 0 saturated heterocycles. The first-order valence-electron chi connectivity index (χ1n) is 8.52. The predicted molar refractivity (Wildman–Crippen MR) is 97.3 cm³/mol. The van der Waals surface area contributed by atoms with Crippen molar-refractivity contribution in [3.63, 3.8) is 0 Å². The highest BCUT2D eigenvalue weighted by Gasteiger charge is 2.32. The highest BCUT2D eigenvalue weighted by atomic mass is 19.4. The molecule has 29 heavy (non-hydrogen) atoms. The second-order valence-corrected chi connectivity index (χ2v) is 6.78. The molecule has 0 aliphatic heterocycles. The van der Waals surface area contributed by atoms with Crippen LogP contribution in [0.5, 0.6) is 5.75 Å². The van der Waals surface area contributed by atoms with Crippen molar-refractivity contribution < 1.29 is 27.1 Å². The second-order valence-electron chi connectivity index (χ2n) is 6.78. The van der Waals surface area contributed by atoms with Crippen molar-refractivity contribution in [2.45, 2.75) is 26.3 Å². The number of aromatic amines is 1. The van der Waals surface area contributed by atoms with Crippen LogP contribution >= 0.6 is 0 Å². The first-order chi connectivity index (χ1) is 13.4. The van der Waals surface area contributed by atoms with Gasteiger partial charge in [-0.05, 0) is 23.6 Å². The third-order valence-corrected chi connectivity index (χ3v) is 3.88. The van der Waals surface area contributed by atoms with Gasteiger partial charge in [0.25, 0.3) is 11.5 Å². The van der Waals surface area contributed by atoms with Gasteiger partial charge in [-0.15, -0.1) is 13.2 Å². The fourth-order valence-corrected chi connectivity index (χ4v) is 2.54. The highest BCUT2D eigenvalue weighted by molar-refractivity contribution is 5.92. The summed E-state index contributed by atoms with van der Waals surface area (Å²) >= 11 is 0. The molecule has 158 valence electrons. The number of hydrogen-bond acceptors (Lipinski definition) is 5. The van der Waals surface area contributed by atoms with Gasteiger partial charge in [-0.3, -0.25) is 14.6 Å². The minimum Gasteiger partial charge on any atom is -0.403 e. The fourth-order valence-electron chi connectivity index (χ4n) is 2.54. The van der Waals surface area contributed by atoms with Crippen molar-refractivity contribution in [3.8, 4) is 5.75 Å². The lowest BCUT2D eigenvalue weighted by molar-refractivity contribution is -0.275. The summed E-state index contributed by atoms with van der Waals surface area (Å²) < 4.78 is 54.6. The second kappa shape index (κ2) is 8.50. The molecule has 7 nitrogen and oxygen atoms in total. The minimum atomic E-state index is -5.02. The Morgan fingerprint density at radius 2 is 1.90 bits per heavy atom. The lowest BCUT2D eigenvalue weighted by atomic mass is 9.95. The van der Waals surface area contributed by atoms with Crippen molar-refractivity contribution >= 4 is 11.9 Å². The molecule has 0 aliphatic rings. The van der Waals surface area contributed by atoms with Crippen LogP contribution in [0.2, 0.25) is 0 Å². The van der Waals surface area contributed by atoms with Crippen LogP contribution in [0, 0.1) is 11.7 Å². The van der Waals surface area contributed by atoms with E-state index in [1.807, 2.05) is 0 Å². The Balaban J connectivity index is 2.30. The smallest absolute Gasteiger partial charge is 0.403 e. The summed E-state index contributed by atoms with van der Waals surface area (Å²) in [5, 5.41) is 2.63. The van der Waals surface area contributed by atoms with E-state index in [9.17, 15) is 27.2 Å². The Morgan fingerprint density at radius 1 is 1.24 bits per heavy atom. The van der Waals surface area contributed by atoms with Crippen LogP contribution in [0.1, 0.15) is 35.9 Å². The molecule has 1 amide bonds. The molecule has 0 spiro atoms. The average Bonchev–Trinajstić information content (AvgIpc) is 2.59. The van der Waals surface area contributed by atoms with Gasteiger partial charge in [0.2, 0.25) is 5.95 Å². The fraction of sp³-hybridized carbons (Fsp3) is 0.389. The molecule has 2 rings (SSSR count). The summed E-state index contributed by atoms with van der Waals surface area (Å²) in [6, 6.07) is 3.20. The Labute approximate surface area is 163 Å². The molecule has 2 N–H and O–H groups in total. The van der Waals surface area contributed by atoms with Gasteiger partial charge in [0.05, 0.1) is 6.04 Å². The van der Waals surface area contributed by atoms with Crippen molar-refractivity contribution in [2.75, 3.05) is 19.0 Å². The summed E-state index contributed by atoms with van der Waals surface area (Å²) in [5.74, 6) is -2.95. The van der Waals surface area contributed by atoms with Gasteiger partial charge in [-0.25, -0.2) is 9.37 Å². The van der Waals surface area contributed by atoms with E-state index in [2.05, 4.69) is 20.0 Å². The van der Waals surface area contributed by atoms with Gasteiger partial charge in [-0.2, -0.15) is 0 Å². The zero-order chi connectivity index (χ0) is 21.9. The number of benzene rings is 1. The van der Waals surface area contributed by atoms with Crippen LogP contribution in [-0.4, -0.2) is 36.3 Å². The molecule has 0 bridgehead atoms. The van der Waals surface area contributed by atoms with Crippen molar-refractivity contribution in [2.24, 2.45) is 5.92 Å². The first-order valence-corrected chi connectivity index (χ1v) is 8.52. The van der Waals surface area contributed by atoms with Crippen LogP contribution in [0.25, 0.3) is 0 Å². The quantitative estimate of drug-likeness (QED) is 0.707. The molecular weight excluding hydrogens is 396 g/mol. The largest absolute Gasteiger partial charge is 0.573 e. The van der Waals surface area contributed by atoms with E-state index in [1.54, 1.807) is 27.9 Å². The van der Waals surface area contributed by atoms with Gasteiger partial charge >= 0.3 is 6.36 Å². The van der Waals surface area contributed by atoms with Crippen LogP contribution in [0.15, 0.2) is 29.1 Å². The maximum Gasteiger partial charge on any atom is 0.573 e. The zero-order valence-corrected chi connectivity index (χ0v) is 16.1. The number of alkyl halides is 3. The SMILES string of the molecule is CC(C)C(NC(=O)c1cc(=O)[nH]c(N(C)C)n1)c1ccc(OC(F)(F)F)c(F)c1. The lowest BCUT2D eigenvalue weighted by Gasteiger charge is -2.23. The third-order valence-electron chi connectivity index (χ3n) is 3.88. The number of ether oxygens (including phenoxy) is 1. The van der Waals surface area contributed by atoms with Gasteiger partial charge in [0, 0.05) is 20.2 Å². The van der Waals surface area contributed by atoms with Crippen LogP contribution in [-0.2, 0) is 0 Å². The lowest BCUT2D eigenvalue weighted by Crippen LogP contribution is -2.33. The maximum absolute atomic E-state index is 14.1. The Kier molecular flexibility index (Phi) is 6.50. The standard InChI is InChI=1S/C18H20F4N4O3/c1-9(2)15(10-5-6-13(11(19)7-10)29-18(20,21)22)25-16(28)12-8-14(27)24-17(23-12)26(3)4/h5-9,15H,1-4H3,(H,25,28)(H,23,24,27). The molecule has 2 aromatic rings. The number of nitrogens with zero attached hydrogens (tertiary/aromatic N) is 2. The van der Waals surface area contributed by atoms with Gasteiger partial charge in [0.15, 0.2) is 11.6 Å². The van der Waals surface area contributed by atoms with Crippen molar-refractivity contribution in [1.29, 1.82) is 0 Å². The summed E-state index contributed by atoms with van der Waals surface area (Å²) in [4.78, 5) is 32.4. The van der Waals surface area contributed by atoms with Gasteiger partial charge in [-0.1, -0.05) is 19.9 Å². The Hall–Kier alpha value is -3.11. The van der Waals surface area contributed by atoms with E-state index in [1.165, 1.54) is 11.0 Å². The molecule has 1 aromatic carbocycles. The first kappa shape index (κ1) is 22.2. The molecular formula is C18H20F4N4O3. The summed E-state index contributed by atoms with van der Waals surface area (Å²) in [6.45, 7) is 3.47. The van der Waals surface area contributed by atoms with E-state index >= 15 is 0 Å². The number of anilines is 1. The number of carbonyl (C=O) groups is 1. The van der Waals surface area contributed by atoms with E-state index in [0.29, 0.717) is 0 Å². The highest BCUT2D eigenvalue weighted by Crippen LogP contribution is 2.30. The number of nitrogens with one attached hydrogen (secondary N) is 2. The van der Waals surface area contributed by atoms with E-state index < -0.39 is 35.4 Å². The monoisotopic (exact) mass is 416 g/mol. The molecule has 0 radical (unpaired) electrons. The van der Waals surface area contributed by atoms with E-state index in [4.69, 9.17) is 0 Å². The number of rotatable bonds is 6. The zero-order valence-electron chi connectivity index (χ0n) is 16.1. The summed E-state index contributed by atoms with van der Waals surface area (Å²) in [7, 11) is 3.26. The van der Waals surface area contributed by atoms with Crippen LogP contribution < -0.4 is 20.5 Å². The molecule has 1 unspecified atom stereocenters. The number of aromatic nitrogens is 2. The summed E-state index contributed by atoms with van der Waals surface area (Å²) in [6.07, 6.45) is -5.02. The molecule has 11 heteroatoms. The van der Waals surface area contributed by atoms with Gasteiger partial charge in [0.1, 0.15) is 5.69 Å². The average molecular weight is 416 g/mol. The number of carbonyl (C=O) groups excluding carboxylic acids is 1. The van der Waals surface area contributed by atoms with Gasteiger partial charge < -0.3 is 15.0 Å². The number of H-pyrrole nitrogens is 1. The predicted octanol–water partition coefficient (Wildman–Crippen LogP) is 3.00. The number of halogens is 4. The molecule has 0 fully saturated rings. The molecule has 1 aromatic heterocycles. The maximum atomic E-state index is 14.1. The number of hydrogen-bond donors (Lipinski definition) is 2.